The maximum absolute atomic E-state index is 13.0. The molecule has 0 aliphatic carbocycles. The summed E-state index contributed by atoms with van der Waals surface area (Å²) < 4.78 is 30.1. The SMILES string of the molecule is O=C(Nc1ccc(F)cc1)N[C@H]1[C@H](O)[C@@H](Oc2ccccc2)[C@@H]2OC[C@H]1O2. The van der Waals surface area contributed by atoms with Crippen molar-refractivity contribution in [3.05, 3.63) is 60.4 Å². The van der Waals surface area contributed by atoms with Crippen LogP contribution in [0.3, 0.4) is 0 Å². The second kappa shape index (κ2) is 7.51. The van der Waals surface area contributed by atoms with Crippen LogP contribution in [0.25, 0.3) is 0 Å². The van der Waals surface area contributed by atoms with Crippen LogP contribution in [-0.2, 0) is 9.47 Å². The third-order valence-electron chi connectivity index (χ3n) is 4.52. The molecule has 2 aliphatic heterocycles. The largest absolute Gasteiger partial charge is 0.482 e. The van der Waals surface area contributed by atoms with Gasteiger partial charge in [-0.15, -0.1) is 0 Å². The number of anilines is 1. The molecule has 2 amide bonds. The van der Waals surface area contributed by atoms with Gasteiger partial charge in [-0.25, -0.2) is 9.18 Å². The molecule has 2 aromatic rings. The molecule has 2 heterocycles. The molecule has 2 aromatic carbocycles. The highest BCUT2D eigenvalue weighted by atomic mass is 19.1. The molecule has 4 rings (SSSR count). The zero-order chi connectivity index (χ0) is 18.8. The van der Waals surface area contributed by atoms with Gasteiger partial charge in [0.1, 0.15) is 23.8 Å². The summed E-state index contributed by atoms with van der Waals surface area (Å²) in [6.45, 7) is 0.234. The molecule has 0 unspecified atom stereocenters. The minimum absolute atomic E-state index is 0.234. The highest BCUT2D eigenvalue weighted by Crippen LogP contribution is 2.31. The number of hydrogen-bond donors (Lipinski definition) is 3. The summed E-state index contributed by atoms with van der Waals surface area (Å²) in [7, 11) is 0. The molecular formula is C19H19FN2O5. The van der Waals surface area contributed by atoms with E-state index in [1.54, 1.807) is 12.1 Å². The number of rotatable bonds is 4. The van der Waals surface area contributed by atoms with Crippen molar-refractivity contribution < 1.29 is 28.5 Å². The summed E-state index contributed by atoms with van der Waals surface area (Å²) in [6, 6.07) is 13.1. The maximum atomic E-state index is 13.0. The Morgan fingerprint density at radius 2 is 1.89 bits per heavy atom. The van der Waals surface area contributed by atoms with E-state index in [1.807, 2.05) is 18.2 Å². The molecule has 0 aromatic heterocycles. The van der Waals surface area contributed by atoms with E-state index in [1.165, 1.54) is 24.3 Å². The third kappa shape index (κ3) is 3.87. The van der Waals surface area contributed by atoms with Gasteiger partial charge in [0.2, 0.25) is 0 Å². The Morgan fingerprint density at radius 1 is 1.15 bits per heavy atom. The summed E-state index contributed by atoms with van der Waals surface area (Å²) >= 11 is 0. The van der Waals surface area contributed by atoms with Crippen molar-refractivity contribution in [3.63, 3.8) is 0 Å². The van der Waals surface area contributed by atoms with Crippen molar-refractivity contribution in [1.29, 1.82) is 0 Å². The Hall–Kier alpha value is -2.68. The lowest BCUT2D eigenvalue weighted by Crippen LogP contribution is -2.62. The molecule has 2 saturated heterocycles. The highest BCUT2D eigenvalue weighted by Gasteiger charge is 2.52. The van der Waals surface area contributed by atoms with Crippen molar-refractivity contribution in [1.82, 2.24) is 5.32 Å². The fraction of sp³-hybridized carbons (Fsp3) is 0.316. The van der Waals surface area contributed by atoms with Gasteiger partial charge >= 0.3 is 6.03 Å². The van der Waals surface area contributed by atoms with E-state index in [0.717, 1.165) is 0 Å². The average Bonchev–Trinajstić information content (AvgIpc) is 3.11. The molecule has 3 N–H and O–H groups in total. The molecule has 7 nitrogen and oxygen atoms in total. The third-order valence-corrected chi connectivity index (χ3v) is 4.52. The normalized spacial score (nSPS) is 29.2. The van der Waals surface area contributed by atoms with Gasteiger partial charge in [0.25, 0.3) is 0 Å². The van der Waals surface area contributed by atoms with Gasteiger partial charge in [0.05, 0.1) is 12.6 Å². The first-order chi connectivity index (χ1) is 13.1. The van der Waals surface area contributed by atoms with Crippen molar-refractivity contribution in [3.8, 4) is 5.75 Å². The van der Waals surface area contributed by atoms with Crippen molar-refractivity contribution in [2.24, 2.45) is 0 Å². The molecule has 0 spiro atoms. The smallest absolute Gasteiger partial charge is 0.319 e. The first-order valence-electron chi connectivity index (χ1n) is 8.60. The number of carbonyl (C=O) groups excluding carboxylic acids is 1. The van der Waals surface area contributed by atoms with Crippen molar-refractivity contribution in [2.75, 3.05) is 11.9 Å². The van der Waals surface area contributed by atoms with Gasteiger partial charge in [-0.2, -0.15) is 0 Å². The first-order valence-corrected chi connectivity index (χ1v) is 8.60. The quantitative estimate of drug-likeness (QED) is 0.761. The van der Waals surface area contributed by atoms with Gasteiger partial charge in [-0.3, -0.25) is 0 Å². The lowest BCUT2D eigenvalue weighted by Gasteiger charge is -2.38. The molecule has 2 aliphatic rings. The van der Waals surface area contributed by atoms with Crippen molar-refractivity contribution in [2.45, 2.75) is 30.6 Å². The number of fused-ring (bicyclic) bond motifs is 2. The number of urea groups is 1. The average molecular weight is 374 g/mol. The minimum Gasteiger partial charge on any atom is -0.482 e. The Morgan fingerprint density at radius 3 is 2.63 bits per heavy atom. The van der Waals surface area contributed by atoms with Gasteiger partial charge in [-0.05, 0) is 36.4 Å². The number of carbonyl (C=O) groups is 1. The van der Waals surface area contributed by atoms with E-state index in [2.05, 4.69) is 10.6 Å². The zero-order valence-electron chi connectivity index (χ0n) is 14.2. The molecule has 8 heteroatoms. The molecule has 142 valence electrons. The number of amides is 2. The van der Waals surface area contributed by atoms with Crippen molar-refractivity contribution >= 4 is 11.7 Å². The number of nitrogens with one attached hydrogen (secondary N) is 2. The number of halogens is 1. The number of hydrogen-bond acceptors (Lipinski definition) is 5. The summed E-state index contributed by atoms with van der Waals surface area (Å²) in [5.74, 6) is 0.167. The highest BCUT2D eigenvalue weighted by molar-refractivity contribution is 5.89. The monoisotopic (exact) mass is 374 g/mol. The van der Waals surface area contributed by atoms with Crippen LogP contribution in [0.4, 0.5) is 14.9 Å². The number of benzene rings is 2. The Bertz CT molecular complexity index is 788. The second-order valence-corrected chi connectivity index (χ2v) is 6.39. The molecule has 2 fully saturated rings. The maximum Gasteiger partial charge on any atom is 0.319 e. The molecule has 2 bridgehead atoms. The van der Waals surface area contributed by atoms with Gasteiger partial charge in [-0.1, -0.05) is 18.2 Å². The molecule has 27 heavy (non-hydrogen) atoms. The molecular weight excluding hydrogens is 355 g/mol. The summed E-state index contributed by atoms with van der Waals surface area (Å²) in [4.78, 5) is 12.3. The number of ether oxygens (including phenoxy) is 3. The Balaban J connectivity index is 1.43. The summed E-state index contributed by atoms with van der Waals surface area (Å²) in [5, 5.41) is 16.0. The van der Waals surface area contributed by atoms with Crippen LogP contribution in [0.1, 0.15) is 0 Å². The van der Waals surface area contributed by atoms with E-state index in [4.69, 9.17) is 14.2 Å². The van der Waals surface area contributed by atoms with Gasteiger partial charge in [0.15, 0.2) is 12.4 Å². The lowest BCUT2D eigenvalue weighted by atomic mass is 9.98. The fourth-order valence-electron chi connectivity index (χ4n) is 3.20. The zero-order valence-corrected chi connectivity index (χ0v) is 14.2. The number of aliphatic hydroxyl groups excluding tert-OH is 1. The molecule has 0 radical (unpaired) electrons. The Labute approximate surface area is 155 Å². The van der Waals surface area contributed by atoms with Gasteiger partial charge < -0.3 is 30.0 Å². The topological polar surface area (TPSA) is 89.1 Å². The van der Waals surface area contributed by atoms with Crippen LogP contribution in [-0.4, -0.2) is 48.4 Å². The first kappa shape index (κ1) is 17.7. The lowest BCUT2D eigenvalue weighted by molar-refractivity contribution is -0.192. The van der Waals surface area contributed by atoms with Crippen LogP contribution in [0.15, 0.2) is 54.6 Å². The summed E-state index contributed by atoms with van der Waals surface area (Å²) in [5.41, 5.74) is 0.428. The fourth-order valence-corrected chi connectivity index (χ4v) is 3.20. The molecule has 0 saturated carbocycles. The summed E-state index contributed by atoms with van der Waals surface area (Å²) in [6.07, 6.45) is -3.01. The minimum atomic E-state index is -1.03. The van der Waals surface area contributed by atoms with Crippen LogP contribution < -0.4 is 15.4 Å². The van der Waals surface area contributed by atoms with Crippen LogP contribution >= 0.6 is 0 Å². The van der Waals surface area contributed by atoms with E-state index >= 15 is 0 Å². The second-order valence-electron chi connectivity index (χ2n) is 6.39. The van der Waals surface area contributed by atoms with E-state index in [-0.39, 0.29) is 6.61 Å². The predicted octanol–water partition coefficient (Wildman–Crippen LogP) is 1.88. The number of aliphatic hydroxyl groups is 1. The Kier molecular flexibility index (Phi) is 4.93. The van der Waals surface area contributed by atoms with E-state index < -0.39 is 42.5 Å². The van der Waals surface area contributed by atoms with Gasteiger partial charge in [0, 0.05) is 5.69 Å². The van der Waals surface area contributed by atoms with E-state index in [0.29, 0.717) is 11.4 Å². The number of para-hydroxylation sites is 1. The van der Waals surface area contributed by atoms with E-state index in [9.17, 15) is 14.3 Å². The van der Waals surface area contributed by atoms with Crippen LogP contribution in [0, 0.1) is 5.82 Å². The van der Waals surface area contributed by atoms with Crippen LogP contribution in [0.2, 0.25) is 0 Å². The molecule has 5 atom stereocenters. The van der Waals surface area contributed by atoms with Crippen LogP contribution in [0.5, 0.6) is 5.75 Å². The standard InChI is InChI=1S/C19H19FN2O5/c20-11-6-8-12(9-7-11)21-19(24)22-15-14-10-25-18(27-14)17(16(15)23)26-13-4-2-1-3-5-13/h1-9,14-18,23H,10H2,(H2,21,22,24)/t14-,15-,16+,17-,18-/m1/s1. The predicted molar refractivity (Wildman–Crippen MR) is 93.8 cm³/mol.